The van der Waals surface area contributed by atoms with Crippen LogP contribution in [0.5, 0.6) is 0 Å². The van der Waals surface area contributed by atoms with Crippen LogP contribution in [-0.2, 0) is 16.4 Å². The quantitative estimate of drug-likeness (QED) is 0.862. The van der Waals surface area contributed by atoms with E-state index in [2.05, 4.69) is 10.1 Å². The van der Waals surface area contributed by atoms with E-state index in [9.17, 15) is 8.42 Å². The number of hydrogen-bond donors (Lipinski definition) is 0. The van der Waals surface area contributed by atoms with Gasteiger partial charge in [-0.25, -0.2) is 18.1 Å². The van der Waals surface area contributed by atoms with Crippen molar-refractivity contribution in [1.82, 2.24) is 14.8 Å². The molecule has 1 unspecified atom stereocenters. The van der Waals surface area contributed by atoms with Crippen LogP contribution in [0.25, 0.3) is 0 Å². The van der Waals surface area contributed by atoms with Crippen molar-refractivity contribution in [3.05, 3.63) is 46.5 Å². The van der Waals surface area contributed by atoms with Gasteiger partial charge in [0, 0.05) is 10.9 Å². The second-order valence-corrected chi connectivity index (χ2v) is 8.42. The molecule has 1 saturated heterocycles. The van der Waals surface area contributed by atoms with E-state index in [1.807, 2.05) is 35.9 Å². The summed E-state index contributed by atoms with van der Waals surface area (Å²) in [5, 5.41) is 5.10. The van der Waals surface area contributed by atoms with Crippen molar-refractivity contribution in [1.29, 1.82) is 0 Å². The monoisotopic (exact) mass is 339 g/mol. The standard InChI is InChI=1S/C15H18ClN3O2S/c1-11-17-15(13-5-3-7-22(20,21)10-13)19(18-11)9-12-4-2-6-14(16)8-12/h2,4,6,8,13H,3,5,7,9-10H2,1H3. The summed E-state index contributed by atoms with van der Waals surface area (Å²) in [6.45, 7) is 2.38. The molecule has 0 radical (unpaired) electrons. The van der Waals surface area contributed by atoms with E-state index in [1.165, 1.54) is 0 Å². The molecule has 0 N–H and O–H groups in total. The maximum Gasteiger partial charge on any atom is 0.151 e. The van der Waals surface area contributed by atoms with E-state index in [-0.39, 0.29) is 17.4 Å². The van der Waals surface area contributed by atoms with Crippen LogP contribution in [-0.4, -0.2) is 34.7 Å². The van der Waals surface area contributed by atoms with Gasteiger partial charge >= 0.3 is 0 Å². The highest BCUT2D eigenvalue weighted by Gasteiger charge is 2.29. The molecule has 3 rings (SSSR count). The smallest absolute Gasteiger partial charge is 0.151 e. The Labute approximate surface area is 135 Å². The maximum atomic E-state index is 11.9. The normalized spacial score (nSPS) is 20.9. The number of aryl methyl sites for hydroxylation is 1. The Hall–Kier alpha value is -1.40. The lowest BCUT2D eigenvalue weighted by Gasteiger charge is -2.21. The fourth-order valence-electron chi connectivity index (χ4n) is 2.92. The zero-order valence-electron chi connectivity index (χ0n) is 12.4. The predicted molar refractivity (Wildman–Crippen MR) is 85.9 cm³/mol. The van der Waals surface area contributed by atoms with E-state index in [0.717, 1.165) is 17.8 Å². The zero-order chi connectivity index (χ0) is 15.7. The van der Waals surface area contributed by atoms with Crippen molar-refractivity contribution in [2.75, 3.05) is 11.5 Å². The largest absolute Gasteiger partial charge is 0.245 e. The molecule has 0 bridgehead atoms. The Morgan fingerprint density at radius 1 is 1.41 bits per heavy atom. The fourth-order valence-corrected chi connectivity index (χ4v) is 4.84. The lowest BCUT2D eigenvalue weighted by atomic mass is 10.0. The van der Waals surface area contributed by atoms with E-state index in [1.54, 1.807) is 0 Å². The third-order valence-electron chi connectivity index (χ3n) is 3.86. The fraction of sp³-hybridized carbons (Fsp3) is 0.467. The second-order valence-electron chi connectivity index (χ2n) is 5.76. The number of nitrogens with zero attached hydrogens (tertiary/aromatic N) is 3. The lowest BCUT2D eigenvalue weighted by Crippen LogP contribution is -2.26. The molecule has 2 heterocycles. The van der Waals surface area contributed by atoms with E-state index in [0.29, 0.717) is 23.8 Å². The molecule has 118 valence electrons. The van der Waals surface area contributed by atoms with Crippen molar-refractivity contribution in [2.24, 2.45) is 0 Å². The Morgan fingerprint density at radius 3 is 2.95 bits per heavy atom. The minimum absolute atomic E-state index is 0.0702. The average Bonchev–Trinajstić information content (AvgIpc) is 2.78. The predicted octanol–water partition coefficient (Wildman–Crippen LogP) is 2.58. The van der Waals surface area contributed by atoms with Crippen LogP contribution in [0, 0.1) is 6.92 Å². The summed E-state index contributed by atoms with van der Waals surface area (Å²) in [6.07, 6.45) is 1.53. The van der Waals surface area contributed by atoms with E-state index >= 15 is 0 Å². The maximum absolute atomic E-state index is 11.9. The molecule has 2 aromatic rings. The summed E-state index contributed by atoms with van der Waals surface area (Å²) in [5.74, 6) is 1.81. The van der Waals surface area contributed by atoms with Crippen molar-refractivity contribution >= 4 is 21.4 Å². The molecule has 1 aliphatic rings. The molecule has 0 spiro atoms. The highest BCUT2D eigenvalue weighted by Crippen LogP contribution is 2.27. The molecule has 1 aromatic heterocycles. The van der Waals surface area contributed by atoms with Gasteiger partial charge in [-0.15, -0.1) is 0 Å². The molecular formula is C15H18ClN3O2S. The summed E-state index contributed by atoms with van der Waals surface area (Å²) in [5.41, 5.74) is 1.03. The highest BCUT2D eigenvalue weighted by atomic mass is 35.5. The summed E-state index contributed by atoms with van der Waals surface area (Å²) in [6, 6.07) is 7.59. The molecule has 0 saturated carbocycles. The Morgan fingerprint density at radius 2 is 2.23 bits per heavy atom. The van der Waals surface area contributed by atoms with Crippen LogP contribution in [0.4, 0.5) is 0 Å². The van der Waals surface area contributed by atoms with Crippen LogP contribution < -0.4 is 0 Å². The molecule has 1 aliphatic heterocycles. The molecule has 0 aliphatic carbocycles. The summed E-state index contributed by atoms with van der Waals surface area (Å²) >= 11 is 6.02. The molecule has 22 heavy (non-hydrogen) atoms. The second kappa shape index (κ2) is 6.01. The van der Waals surface area contributed by atoms with Crippen LogP contribution in [0.3, 0.4) is 0 Å². The summed E-state index contributed by atoms with van der Waals surface area (Å²) in [7, 11) is -2.97. The first kappa shape index (κ1) is 15.5. The molecule has 1 atom stereocenters. The first-order chi connectivity index (χ1) is 10.4. The van der Waals surface area contributed by atoms with Crippen molar-refractivity contribution in [2.45, 2.75) is 32.2 Å². The number of rotatable bonds is 3. The van der Waals surface area contributed by atoms with Crippen LogP contribution in [0.15, 0.2) is 24.3 Å². The van der Waals surface area contributed by atoms with Crippen molar-refractivity contribution in [3.8, 4) is 0 Å². The molecular weight excluding hydrogens is 322 g/mol. The van der Waals surface area contributed by atoms with Gasteiger partial charge in [-0.3, -0.25) is 0 Å². The van der Waals surface area contributed by atoms with Crippen LogP contribution >= 0.6 is 11.6 Å². The SMILES string of the molecule is Cc1nc(C2CCCS(=O)(=O)C2)n(Cc2cccc(Cl)c2)n1. The first-order valence-corrected chi connectivity index (χ1v) is 9.49. The minimum atomic E-state index is -2.97. The Balaban J connectivity index is 1.90. The number of aromatic nitrogens is 3. The molecule has 1 aromatic carbocycles. The van der Waals surface area contributed by atoms with Gasteiger partial charge in [-0.2, -0.15) is 5.10 Å². The first-order valence-electron chi connectivity index (χ1n) is 7.29. The van der Waals surface area contributed by atoms with Crippen LogP contribution in [0.2, 0.25) is 5.02 Å². The Kier molecular flexibility index (Phi) is 4.23. The molecule has 0 amide bonds. The van der Waals surface area contributed by atoms with Gasteiger partial charge in [0.05, 0.1) is 18.1 Å². The van der Waals surface area contributed by atoms with Crippen molar-refractivity contribution < 1.29 is 8.42 Å². The number of sulfone groups is 1. The third-order valence-corrected chi connectivity index (χ3v) is 5.91. The third kappa shape index (κ3) is 3.50. The number of halogens is 1. The average molecular weight is 340 g/mol. The van der Waals surface area contributed by atoms with Gasteiger partial charge in [0.2, 0.25) is 0 Å². The van der Waals surface area contributed by atoms with Gasteiger partial charge in [0.1, 0.15) is 11.6 Å². The van der Waals surface area contributed by atoms with Gasteiger partial charge < -0.3 is 0 Å². The number of benzene rings is 1. The lowest BCUT2D eigenvalue weighted by molar-refractivity contribution is 0.519. The van der Waals surface area contributed by atoms with E-state index in [4.69, 9.17) is 11.6 Å². The zero-order valence-corrected chi connectivity index (χ0v) is 13.9. The van der Waals surface area contributed by atoms with Gasteiger partial charge in [0.25, 0.3) is 0 Å². The topological polar surface area (TPSA) is 64.8 Å². The van der Waals surface area contributed by atoms with Gasteiger partial charge in [-0.1, -0.05) is 23.7 Å². The van der Waals surface area contributed by atoms with Gasteiger partial charge in [-0.05, 0) is 37.5 Å². The summed E-state index contributed by atoms with van der Waals surface area (Å²) in [4.78, 5) is 4.47. The van der Waals surface area contributed by atoms with Gasteiger partial charge in [0.15, 0.2) is 9.84 Å². The van der Waals surface area contributed by atoms with E-state index < -0.39 is 9.84 Å². The summed E-state index contributed by atoms with van der Waals surface area (Å²) < 4.78 is 25.6. The van der Waals surface area contributed by atoms with Crippen molar-refractivity contribution in [3.63, 3.8) is 0 Å². The number of hydrogen-bond acceptors (Lipinski definition) is 4. The highest BCUT2D eigenvalue weighted by molar-refractivity contribution is 7.91. The van der Waals surface area contributed by atoms with Crippen LogP contribution in [0.1, 0.15) is 36.0 Å². The Bertz CT molecular complexity index is 786. The molecule has 5 nitrogen and oxygen atoms in total. The molecule has 7 heteroatoms. The minimum Gasteiger partial charge on any atom is -0.245 e. The molecule has 1 fully saturated rings.